The monoisotopic (exact) mass is 282 g/mol. The molecule has 0 amide bonds. The second kappa shape index (κ2) is 6.29. The summed E-state index contributed by atoms with van der Waals surface area (Å²) in [6, 6.07) is 4.81. The Hall–Kier alpha value is -0.950. The van der Waals surface area contributed by atoms with Crippen LogP contribution in [0, 0.1) is 0 Å². The first kappa shape index (κ1) is 13.5. The van der Waals surface area contributed by atoms with Crippen LogP contribution in [0.5, 0.6) is 0 Å². The van der Waals surface area contributed by atoms with Gasteiger partial charge in [-0.3, -0.25) is 10.3 Å². The Morgan fingerprint density at radius 1 is 1.50 bits per heavy atom. The van der Waals surface area contributed by atoms with Gasteiger partial charge in [0.15, 0.2) is 5.13 Å². The minimum Gasteiger partial charge on any atom is -0.300 e. The molecule has 18 heavy (non-hydrogen) atoms. The fourth-order valence-corrected chi connectivity index (χ4v) is 3.34. The van der Waals surface area contributed by atoms with E-state index in [1.165, 1.54) is 9.75 Å². The number of hydrogen-bond donors (Lipinski definition) is 2. The van der Waals surface area contributed by atoms with Gasteiger partial charge < -0.3 is 0 Å². The number of likely N-dealkylation sites (N-methyl/N-ethyl adjacent to an activating group) is 1. The Balaban J connectivity index is 1.88. The van der Waals surface area contributed by atoms with Crippen LogP contribution in [0.25, 0.3) is 0 Å². The second-order valence-corrected chi connectivity index (χ2v) is 6.47. The van der Waals surface area contributed by atoms with Crippen molar-refractivity contribution in [3.63, 3.8) is 0 Å². The summed E-state index contributed by atoms with van der Waals surface area (Å²) in [5.41, 5.74) is 2.58. The molecule has 0 radical (unpaired) electrons. The molecular formula is C12H18N4S2. The fourth-order valence-electron chi connectivity index (χ4n) is 1.72. The molecule has 4 nitrogen and oxygen atoms in total. The van der Waals surface area contributed by atoms with Crippen molar-refractivity contribution in [2.24, 2.45) is 5.84 Å². The SMILES string of the molecule is CC(Cc1cccs1)N(C)Cc1cnc(NN)s1. The van der Waals surface area contributed by atoms with Crippen LogP contribution < -0.4 is 11.3 Å². The van der Waals surface area contributed by atoms with Crippen molar-refractivity contribution in [3.8, 4) is 0 Å². The number of anilines is 1. The average Bonchev–Trinajstić information content (AvgIpc) is 3.00. The van der Waals surface area contributed by atoms with Crippen LogP contribution in [0.1, 0.15) is 16.7 Å². The van der Waals surface area contributed by atoms with Gasteiger partial charge in [-0.1, -0.05) is 17.4 Å². The first-order valence-electron chi connectivity index (χ1n) is 5.83. The van der Waals surface area contributed by atoms with E-state index in [-0.39, 0.29) is 0 Å². The summed E-state index contributed by atoms with van der Waals surface area (Å²) in [5, 5.41) is 2.90. The Morgan fingerprint density at radius 3 is 2.94 bits per heavy atom. The first-order chi connectivity index (χ1) is 8.69. The number of nitrogens with one attached hydrogen (secondary N) is 1. The van der Waals surface area contributed by atoms with E-state index in [0.717, 1.165) is 18.1 Å². The molecule has 0 fully saturated rings. The van der Waals surface area contributed by atoms with Crippen molar-refractivity contribution >= 4 is 27.8 Å². The molecule has 0 aliphatic rings. The summed E-state index contributed by atoms with van der Waals surface area (Å²) in [6.45, 7) is 3.16. The summed E-state index contributed by atoms with van der Waals surface area (Å²) in [6.07, 6.45) is 2.98. The van der Waals surface area contributed by atoms with E-state index < -0.39 is 0 Å². The molecule has 0 bridgehead atoms. The molecule has 0 saturated heterocycles. The van der Waals surface area contributed by atoms with E-state index in [4.69, 9.17) is 5.84 Å². The zero-order valence-corrected chi connectivity index (χ0v) is 12.2. The van der Waals surface area contributed by atoms with Crippen LogP contribution in [0.3, 0.4) is 0 Å². The highest BCUT2D eigenvalue weighted by Gasteiger charge is 2.12. The maximum Gasteiger partial charge on any atom is 0.197 e. The summed E-state index contributed by atoms with van der Waals surface area (Å²) in [7, 11) is 2.15. The third-order valence-corrected chi connectivity index (χ3v) is 4.72. The van der Waals surface area contributed by atoms with Crippen LogP contribution in [0.2, 0.25) is 0 Å². The molecule has 0 spiro atoms. The lowest BCUT2D eigenvalue weighted by Crippen LogP contribution is -2.29. The van der Waals surface area contributed by atoms with Crippen LogP contribution in [0.15, 0.2) is 23.7 Å². The zero-order valence-electron chi connectivity index (χ0n) is 10.6. The van der Waals surface area contributed by atoms with Crippen LogP contribution >= 0.6 is 22.7 Å². The van der Waals surface area contributed by atoms with Crippen LogP contribution in [-0.2, 0) is 13.0 Å². The predicted octanol–water partition coefficient (Wildman–Crippen LogP) is 2.55. The Labute approximate surface area is 115 Å². The molecule has 6 heteroatoms. The van der Waals surface area contributed by atoms with E-state index in [1.54, 1.807) is 11.3 Å². The molecule has 98 valence electrons. The summed E-state index contributed by atoms with van der Waals surface area (Å²) >= 11 is 3.42. The lowest BCUT2D eigenvalue weighted by atomic mass is 10.2. The molecule has 3 N–H and O–H groups in total. The van der Waals surface area contributed by atoms with Gasteiger partial charge in [-0.25, -0.2) is 10.8 Å². The van der Waals surface area contributed by atoms with Crippen molar-refractivity contribution in [2.75, 3.05) is 12.5 Å². The molecule has 2 heterocycles. The third-order valence-electron chi connectivity index (χ3n) is 2.91. The molecular weight excluding hydrogens is 264 g/mol. The number of hydrazine groups is 1. The van der Waals surface area contributed by atoms with Crippen molar-refractivity contribution in [1.82, 2.24) is 9.88 Å². The van der Waals surface area contributed by atoms with Gasteiger partial charge in [-0.05, 0) is 31.8 Å². The van der Waals surface area contributed by atoms with Gasteiger partial charge in [0.25, 0.3) is 0 Å². The molecule has 0 aliphatic carbocycles. The third kappa shape index (κ3) is 3.52. The zero-order chi connectivity index (χ0) is 13.0. The lowest BCUT2D eigenvalue weighted by molar-refractivity contribution is 0.251. The number of rotatable bonds is 6. The van der Waals surface area contributed by atoms with Crippen molar-refractivity contribution in [2.45, 2.75) is 25.9 Å². The molecule has 1 unspecified atom stereocenters. The number of nitrogen functional groups attached to an aromatic ring is 1. The maximum absolute atomic E-state index is 5.33. The normalized spacial score (nSPS) is 12.9. The quantitative estimate of drug-likeness (QED) is 0.631. The van der Waals surface area contributed by atoms with Gasteiger partial charge in [-0.2, -0.15) is 0 Å². The van der Waals surface area contributed by atoms with Gasteiger partial charge in [0.1, 0.15) is 0 Å². The highest BCUT2D eigenvalue weighted by molar-refractivity contribution is 7.15. The Kier molecular flexibility index (Phi) is 4.71. The van der Waals surface area contributed by atoms with E-state index in [2.05, 4.69) is 46.8 Å². The van der Waals surface area contributed by atoms with Gasteiger partial charge >= 0.3 is 0 Å². The Bertz CT molecular complexity index is 466. The van der Waals surface area contributed by atoms with E-state index in [1.807, 2.05) is 17.5 Å². The number of thiophene rings is 1. The minimum atomic E-state index is 0.514. The first-order valence-corrected chi connectivity index (χ1v) is 7.52. The lowest BCUT2D eigenvalue weighted by Gasteiger charge is -2.23. The van der Waals surface area contributed by atoms with Gasteiger partial charge in [0.2, 0.25) is 0 Å². The average molecular weight is 282 g/mol. The Morgan fingerprint density at radius 2 is 2.33 bits per heavy atom. The van der Waals surface area contributed by atoms with Crippen molar-refractivity contribution in [1.29, 1.82) is 0 Å². The van der Waals surface area contributed by atoms with Gasteiger partial charge in [0.05, 0.1) is 0 Å². The standard InChI is InChI=1S/C12H18N4S2/c1-9(6-10-4-3-5-17-10)16(2)8-11-7-14-12(15-13)18-11/h3-5,7,9H,6,8,13H2,1-2H3,(H,14,15). The van der Waals surface area contributed by atoms with Crippen LogP contribution in [0.4, 0.5) is 5.13 Å². The summed E-state index contributed by atoms with van der Waals surface area (Å²) in [4.78, 5) is 9.18. The van der Waals surface area contributed by atoms with Gasteiger partial charge in [0, 0.05) is 28.5 Å². The minimum absolute atomic E-state index is 0.514. The second-order valence-electron chi connectivity index (χ2n) is 4.32. The number of thiazole rings is 1. The summed E-state index contributed by atoms with van der Waals surface area (Å²) in [5.74, 6) is 5.33. The molecule has 0 saturated carbocycles. The maximum atomic E-state index is 5.33. The highest BCUT2D eigenvalue weighted by Crippen LogP contribution is 2.20. The molecule has 0 aromatic carbocycles. The highest BCUT2D eigenvalue weighted by atomic mass is 32.1. The summed E-state index contributed by atoms with van der Waals surface area (Å²) < 4.78 is 0. The predicted molar refractivity (Wildman–Crippen MR) is 78.9 cm³/mol. The van der Waals surface area contributed by atoms with E-state index in [0.29, 0.717) is 6.04 Å². The smallest absolute Gasteiger partial charge is 0.197 e. The molecule has 2 rings (SSSR count). The number of hydrogen-bond acceptors (Lipinski definition) is 6. The number of nitrogens with two attached hydrogens (primary N) is 1. The van der Waals surface area contributed by atoms with E-state index >= 15 is 0 Å². The van der Waals surface area contributed by atoms with Crippen molar-refractivity contribution < 1.29 is 0 Å². The molecule has 2 aromatic rings. The fraction of sp³-hybridized carbons (Fsp3) is 0.417. The number of aromatic nitrogens is 1. The van der Waals surface area contributed by atoms with Gasteiger partial charge in [-0.15, -0.1) is 11.3 Å². The van der Waals surface area contributed by atoms with Crippen LogP contribution in [-0.4, -0.2) is 23.0 Å². The largest absolute Gasteiger partial charge is 0.300 e. The molecule has 0 aliphatic heterocycles. The van der Waals surface area contributed by atoms with Crippen molar-refractivity contribution in [3.05, 3.63) is 33.5 Å². The number of nitrogens with zero attached hydrogens (tertiary/aromatic N) is 2. The molecule has 2 aromatic heterocycles. The van der Waals surface area contributed by atoms with E-state index in [9.17, 15) is 0 Å². The topological polar surface area (TPSA) is 54.2 Å². The molecule has 1 atom stereocenters.